The van der Waals surface area contributed by atoms with Gasteiger partial charge in [0.15, 0.2) is 0 Å². The highest BCUT2D eigenvalue weighted by Crippen LogP contribution is 2.38. The summed E-state index contributed by atoms with van der Waals surface area (Å²) in [7, 11) is -3.75. The highest BCUT2D eigenvalue weighted by molar-refractivity contribution is 7.90. The molecule has 0 radical (unpaired) electrons. The summed E-state index contributed by atoms with van der Waals surface area (Å²) < 4.78 is 27.2. The van der Waals surface area contributed by atoms with E-state index in [0.717, 1.165) is 44.2 Å². The van der Waals surface area contributed by atoms with Gasteiger partial charge in [0.25, 0.3) is 0 Å². The molecular formula is C20H31N3O3S. The lowest BCUT2D eigenvalue weighted by Crippen LogP contribution is -2.46. The fourth-order valence-corrected chi connectivity index (χ4v) is 5.76. The first-order valence-corrected chi connectivity index (χ1v) is 11.6. The summed E-state index contributed by atoms with van der Waals surface area (Å²) in [4.78, 5) is 14.4. The van der Waals surface area contributed by atoms with Crippen molar-refractivity contribution in [2.75, 3.05) is 11.2 Å². The maximum atomic E-state index is 12.5. The van der Waals surface area contributed by atoms with Crippen LogP contribution in [0.15, 0.2) is 6.07 Å². The van der Waals surface area contributed by atoms with Gasteiger partial charge in [-0.3, -0.25) is 4.90 Å². The van der Waals surface area contributed by atoms with Gasteiger partial charge in [0.2, 0.25) is 10.0 Å². The first kappa shape index (κ1) is 20.1. The van der Waals surface area contributed by atoms with Crippen molar-refractivity contribution in [3.05, 3.63) is 28.3 Å². The highest BCUT2D eigenvalue weighted by atomic mass is 32.2. The molecule has 3 rings (SSSR count). The minimum absolute atomic E-state index is 0.0744. The Labute approximate surface area is 162 Å². The summed E-state index contributed by atoms with van der Waals surface area (Å²) in [6.07, 6.45) is 6.14. The summed E-state index contributed by atoms with van der Waals surface area (Å²) in [5.41, 5.74) is 5.84. The third-order valence-corrected chi connectivity index (χ3v) is 6.74. The van der Waals surface area contributed by atoms with Gasteiger partial charge >= 0.3 is 6.03 Å². The standard InChI is InChI=1S/C20H31N3O3S/c1-13(2)23(14(3)4)12-27(25,26)22-20(24)21-19-17-9-5-7-15(17)11-16-8-6-10-18(16)19/h11,13-14H,5-10,12H2,1-4H3,(H2,21,22,24). The number of carbonyl (C=O) groups is 1. The summed E-state index contributed by atoms with van der Waals surface area (Å²) in [5.74, 6) is -0.194. The van der Waals surface area contributed by atoms with Gasteiger partial charge in [0.1, 0.15) is 5.88 Å². The number of sulfonamides is 1. The maximum Gasteiger partial charge on any atom is 0.332 e. The fourth-order valence-electron chi connectivity index (χ4n) is 4.37. The number of benzene rings is 1. The van der Waals surface area contributed by atoms with Crippen LogP contribution in [-0.2, 0) is 35.7 Å². The molecule has 7 heteroatoms. The molecule has 0 saturated heterocycles. The zero-order valence-electron chi connectivity index (χ0n) is 16.8. The Balaban J connectivity index is 1.75. The minimum atomic E-state index is -3.75. The number of amides is 2. The van der Waals surface area contributed by atoms with Crippen LogP contribution in [0.4, 0.5) is 10.5 Å². The second kappa shape index (κ2) is 7.80. The molecule has 0 unspecified atom stereocenters. The van der Waals surface area contributed by atoms with Crippen LogP contribution < -0.4 is 10.0 Å². The molecule has 2 N–H and O–H groups in total. The number of anilines is 1. The van der Waals surface area contributed by atoms with Crippen molar-refractivity contribution in [2.24, 2.45) is 0 Å². The predicted molar refractivity (Wildman–Crippen MR) is 109 cm³/mol. The van der Waals surface area contributed by atoms with Gasteiger partial charge in [-0.2, -0.15) is 0 Å². The van der Waals surface area contributed by atoms with Crippen LogP contribution in [-0.4, -0.2) is 37.3 Å². The highest BCUT2D eigenvalue weighted by Gasteiger charge is 2.27. The van der Waals surface area contributed by atoms with Crippen LogP contribution in [0.3, 0.4) is 0 Å². The van der Waals surface area contributed by atoms with Gasteiger partial charge in [-0.1, -0.05) is 6.07 Å². The van der Waals surface area contributed by atoms with Gasteiger partial charge in [-0.15, -0.1) is 0 Å². The van der Waals surface area contributed by atoms with E-state index >= 15 is 0 Å². The maximum absolute atomic E-state index is 12.5. The molecule has 0 aromatic heterocycles. The lowest BCUT2D eigenvalue weighted by molar-refractivity contribution is 0.205. The Morgan fingerprint density at radius 3 is 2.00 bits per heavy atom. The molecule has 0 heterocycles. The molecule has 2 amide bonds. The van der Waals surface area contributed by atoms with Gasteiger partial charge in [-0.25, -0.2) is 17.9 Å². The molecule has 2 aliphatic carbocycles. The molecule has 0 saturated carbocycles. The Kier molecular flexibility index (Phi) is 5.82. The van der Waals surface area contributed by atoms with E-state index in [4.69, 9.17) is 0 Å². The molecule has 1 aromatic carbocycles. The summed E-state index contributed by atoms with van der Waals surface area (Å²) in [6.45, 7) is 7.80. The van der Waals surface area contributed by atoms with Crippen LogP contribution in [0, 0.1) is 0 Å². The van der Waals surface area contributed by atoms with Crippen molar-refractivity contribution in [1.82, 2.24) is 9.62 Å². The smallest absolute Gasteiger partial charge is 0.307 e. The third kappa shape index (κ3) is 4.46. The van der Waals surface area contributed by atoms with E-state index in [-0.39, 0.29) is 18.0 Å². The van der Waals surface area contributed by atoms with E-state index in [1.807, 2.05) is 32.6 Å². The van der Waals surface area contributed by atoms with E-state index in [9.17, 15) is 13.2 Å². The van der Waals surface area contributed by atoms with Gasteiger partial charge in [0.05, 0.1) is 0 Å². The Hall–Kier alpha value is -1.60. The van der Waals surface area contributed by atoms with Crippen LogP contribution in [0.5, 0.6) is 0 Å². The molecule has 0 atom stereocenters. The SMILES string of the molecule is CC(C)N(CS(=O)(=O)NC(=O)Nc1c2c(cc3c1CCC3)CCC2)C(C)C. The van der Waals surface area contributed by atoms with Crippen molar-refractivity contribution in [3.8, 4) is 0 Å². The number of aryl methyl sites for hydroxylation is 2. The van der Waals surface area contributed by atoms with E-state index in [1.165, 1.54) is 22.3 Å². The van der Waals surface area contributed by atoms with E-state index in [2.05, 4.69) is 16.1 Å². The number of nitrogens with zero attached hydrogens (tertiary/aromatic N) is 1. The van der Waals surface area contributed by atoms with Gasteiger partial charge in [-0.05, 0) is 88.5 Å². The number of rotatable bonds is 6. The average Bonchev–Trinajstić information content (AvgIpc) is 3.20. The van der Waals surface area contributed by atoms with Crippen LogP contribution in [0.1, 0.15) is 62.8 Å². The zero-order valence-corrected chi connectivity index (χ0v) is 17.6. The minimum Gasteiger partial charge on any atom is -0.307 e. The number of hydrogen-bond donors (Lipinski definition) is 2. The molecule has 0 bridgehead atoms. The van der Waals surface area contributed by atoms with Crippen molar-refractivity contribution in [1.29, 1.82) is 0 Å². The zero-order chi connectivity index (χ0) is 19.8. The summed E-state index contributed by atoms with van der Waals surface area (Å²) >= 11 is 0. The lowest BCUT2D eigenvalue weighted by atomic mass is 9.99. The topological polar surface area (TPSA) is 78.5 Å². The first-order chi connectivity index (χ1) is 12.7. The van der Waals surface area contributed by atoms with Crippen LogP contribution in [0.2, 0.25) is 0 Å². The van der Waals surface area contributed by atoms with E-state index in [0.29, 0.717) is 0 Å². The number of urea groups is 1. The molecule has 0 spiro atoms. The molecule has 0 fully saturated rings. The van der Waals surface area contributed by atoms with Crippen molar-refractivity contribution in [3.63, 3.8) is 0 Å². The molecule has 0 aliphatic heterocycles. The van der Waals surface area contributed by atoms with E-state index < -0.39 is 16.1 Å². The third-order valence-electron chi connectivity index (χ3n) is 5.61. The number of carbonyl (C=O) groups excluding carboxylic acids is 1. The van der Waals surface area contributed by atoms with Crippen molar-refractivity contribution >= 4 is 21.7 Å². The van der Waals surface area contributed by atoms with Crippen molar-refractivity contribution in [2.45, 2.75) is 78.3 Å². The number of hydrogen-bond acceptors (Lipinski definition) is 4. The Morgan fingerprint density at radius 2 is 1.52 bits per heavy atom. The predicted octanol–water partition coefficient (Wildman–Crippen LogP) is 3.19. The summed E-state index contributed by atoms with van der Waals surface area (Å²) in [6, 6.07) is 1.78. The fraction of sp³-hybridized carbons (Fsp3) is 0.650. The Bertz CT molecular complexity index is 791. The summed E-state index contributed by atoms with van der Waals surface area (Å²) in [5, 5.41) is 2.88. The lowest BCUT2D eigenvalue weighted by Gasteiger charge is -2.29. The van der Waals surface area contributed by atoms with E-state index in [1.54, 1.807) is 0 Å². The average molecular weight is 394 g/mol. The normalized spacial score (nSPS) is 16.1. The van der Waals surface area contributed by atoms with Crippen LogP contribution >= 0.6 is 0 Å². The molecule has 6 nitrogen and oxygen atoms in total. The first-order valence-electron chi connectivity index (χ1n) is 9.91. The molecule has 27 heavy (non-hydrogen) atoms. The molecule has 1 aromatic rings. The van der Waals surface area contributed by atoms with Gasteiger partial charge < -0.3 is 5.32 Å². The second-order valence-corrected chi connectivity index (χ2v) is 9.93. The second-order valence-electron chi connectivity index (χ2n) is 8.24. The number of fused-ring (bicyclic) bond motifs is 2. The molecule has 2 aliphatic rings. The molecular weight excluding hydrogens is 362 g/mol. The largest absolute Gasteiger partial charge is 0.332 e. The quantitative estimate of drug-likeness (QED) is 0.778. The van der Waals surface area contributed by atoms with Crippen molar-refractivity contribution < 1.29 is 13.2 Å². The Morgan fingerprint density at radius 1 is 1.00 bits per heavy atom. The molecule has 150 valence electrons. The van der Waals surface area contributed by atoms with Crippen LogP contribution in [0.25, 0.3) is 0 Å². The van der Waals surface area contributed by atoms with Gasteiger partial charge in [0, 0.05) is 17.8 Å². The number of nitrogens with one attached hydrogen (secondary N) is 2. The monoisotopic (exact) mass is 393 g/mol.